The molecule has 0 spiro atoms. The number of hydrogen-bond donors (Lipinski definition) is 4. The molecule has 0 radical (unpaired) electrons. The number of benzene rings is 2. The van der Waals surface area contributed by atoms with Crippen LogP contribution in [0, 0.1) is 5.82 Å². The number of amides is 4. The number of carbonyl (C=O) groups is 3. The van der Waals surface area contributed by atoms with Gasteiger partial charge in [0.1, 0.15) is 12.4 Å². The molecule has 2 rings (SSSR count). The monoisotopic (exact) mass is 400 g/mol. The maximum absolute atomic E-state index is 12.8. The molecule has 0 saturated heterocycles. The van der Waals surface area contributed by atoms with E-state index in [9.17, 15) is 18.8 Å². The molecule has 2 aromatic rings. The molecular formula is C21H25FN4O3. The Morgan fingerprint density at radius 3 is 2.07 bits per heavy atom. The normalized spacial score (nSPS) is 10.8. The largest absolute Gasteiger partial charge is 0.334 e. The van der Waals surface area contributed by atoms with Crippen LogP contribution in [0.15, 0.2) is 48.5 Å². The maximum Gasteiger partial charge on any atom is 0.315 e. The second kappa shape index (κ2) is 9.68. The highest BCUT2D eigenvalue weighted by Crippen LogP contribution is 2.22. The zero-order valence-corrected chi connectivity index (χ0v) is 16.6. The van der Waals surface area contributed by atoms with Crippen molar-refractivity contribution in [3.63, 3.8) is 0 Å². The van der Waals surface area contributed by atoms with Crippen LogP contribution in [0.2, 0.25) is 0 Å². The van der Waals surface area contributed by atoms with Crippen LogP contribution in [0.4, 0.5) is 9.18 Å². The summed E-state index contributed by atoms with van der Waals surface area (Å²) < 4.78 is 12.8. The highest BCUT2D eigenvalue weighted by Gasteiger charge is 2.14. The van der Waals surface area contributed by atoms with Crippen molar-refractivity contribution in [2.75, 3.05) is 6.54 Å². The fourth-order valence-corrected chi connectivity index (χ4v) is 2.37. The minimum Gasteiger partial charge on any atom is -0.334 e. The van der Waals surface area contributed by atoms with E-state index in [-0.39, 0.29) is 24.3 Å². The first kappa shape index (κ1) is 21.9. The molecule has 0 aromatic heterocycles. The van der Waals surface area contributed by atoms with E-state index in [1.165, 1.54) is 12.1 Å². The topological polar surface area (TPSA) is 99.3 Å². The van der Waals surface area contributed by atoms with E-state index in [0.29, 0.717) is 5.56 Å². The van der Waals surface area contributed by atoms with E-state index < -0.39 is 17.8 Å². The Morgan fingerprint density at radius 2 is 1.48 bits per heavy atom. The molecule has 0 heterocycles. The molecule has 0 saturated carbocycles. The van der Waals surface area contributed by atoms with Gasteiger partial charge in [-0.3, -0.25) is 20.4 Å². The number of urea groups is 1. The van der Waals surface area contributed by atoms with Crippen molar-refractivity contribution in [1.29, 1.82) is 0 Å². The van der Waals surface area contributed by atoms with Crippen LogP contribution in [-0.4, -0.2) is 24.4 Å². The molecule has 0 aliphatic carbocycles. The Labute approximate surface area is 169 Å². The predicted molar refractivity (Wildman–Crippen MR) is 107 cm³/mol. The fourth-order valence-electron chi connectivity index (χ4n) is 2.37. The zero-order valence-electron chi connectivity index (χ0n) is 16.6. The summed E-state index contributed by atoms with van der Waals surface area (Å²) in [5, 5.41) is 4.91. The van der Waals surface area contributed by atoms with Crippen molar-refractivity contribution in [1.82, 2.24) is 21.5 Å². The fraction of sp³-hybridized carbons (Fsp3) is 0.286. The second-order valence-electron chi connectivity index (χ2n) is 7.49. The van der Waals surface area contributed by atoms with Crippen molar-refractivity contribution < 1.29 is 18.8 Å². The number of rotatable bonds is 5. The van der Waals surface area contributed by atoms with Gasteiger partial charge in [0.15, 0.2) is 0 Å². The van der Waals surface area contributed by atoms with Gasteiger partial charge in [-0.1, -0.05) is 45.0 Å². The van der Waals surface area contributed by atoms with Gasteiger partial charge in [0.25, 0.3) is 11.8 Å². The van der Waals surface area contributed by atoms with Crippen molar-refractivity contribution in [3.8, 4) is 0 Å². The van der Waals surface area contributed by atoms with Crippen LogP contribution in [-0.2, 0) is 16.8 Å². The summed E-state index contributed by atoms with van der Waals surface area (Å²) in [6, 6.07) is 12.2. The van der Waals surface area contributed by atoms with Gasteiger partial charge in [-0.25, -0.2) is 9.18 Å². The number of nitrogens with one attached hydrogen (secondary N) is 4. The zero-order chi connectivity index (χ0) is 21.4. The standard InChI is InChI=1S/C21H25FN4O3/c1-21(2,3)16-8-6-15(7-9-16)19(28)26-25-18(27)13-24-20(29)23-12-14-4-10-17(22)11-5-14/h4-11H,12-13H2,1-3H3,(H,25,27)(H,26,28)(H2,23,24,29). The third-order valence-corrected chi connectivity index (χ3v) is 4.10. The van der Waals surface area contributed by atoms with Gasteiger partial charge in [-0.05, 0) is 40.8 Å². The molecule has 7 nitrogen and oxygen atoms in total. The number of hydrazine groups is 1. The van der Waals surface area contributed by atoms with Crippen molar-refractivity contribution in [2.24, 2.45) is 0 Å². The summed E-state index contributed by atoms with van der Waals surface area (Å²) in [5.74, 6) is -1.40. The van der Waals surface area contributed by atoms with Crippen LogP contribution < -0.4 is 21.5 Å². The van der Waals surface area contributed by atoms with Crippen molar-refractivity contribution in [2.45, 2.75) is 32.7 Å². The van der Waals surface area contributed by atoms with Crippen LogP contribution in [0.5, 0.6) is 0 Å². The quantitative estimate of drug-likeness (QED) is 0.580. The van der Waals surface area contributed by atoms with Crippen LogP contribution in [0.1, 0.15) is 42.3 Å². The predicted octanol–water partition coefficient (Wildman–Crippen LogP) is 2.38. The van der Waals surface area contributed by atoms with E-state index in [1.54, 1.807) is 24.3 Å². The molecule has 4 amide bonds. The van der Waals surface area contributed by atoms with E-state index in [0.717, 1.165) is 11.1 Å². The summed E-state index contributed by atoms with van der Waals surface area (Å²) in [6.07, 6.45) is 0. The minimum atomic E-state index is -0.582. The van der Waals surface area contributed by atoms with Gasteiger partial charge in [-0.2, -0.15) is 0 Å². The van der Waals surface area contributed by atoms with Gasteiger partial charge in [0.05, 0.1) is 0 Å². The first-order chi connectivity index (χ1) is 13.6. The maximum atomic E-state index is 12.8. The summed E-state index contributed by atoms with van der Waals surface area (Å²) >= 11 is 0. The molecule has 0 bridgehead atoms. The Morgan fingerprint density at radius 1 is 0.862 bits per heavy atom. The van der Waals surface area contributed by atoms with Gasteiger partial charge in [0, 0.05) is 12.1 Å². The minimum absolute atomic E-state index is 0.0217. The van der Waals surface area contributed by atoms with Gasteiger partial charge < -0.3 is 10.6 Å². The molecule has 0 aliphatic rings. The molecule has 29 heavy (non-hydrogen) atoms. The third kappa shape index (κ3) is 7.25. The summed E-state index contributed by atoms with van der Waals surface area (Å²) in [6.45, 7) is 6.09. The van der Waals surface area contributed by atoms with Crippen molar-refractivity contribution >= 4 is 17.8 Å². The SMILES string of the molecule is CC(C)(C)c1ccc(C(=O)NNC(=O)CNC(=O)NCc2ccc(F)cc2)cc1. The van der Waals surface area contributed by atoms with E-state index >= 15 is 0 Å². The molecule has 4 N–H and O–H groups in total. The smallest absolute Gasteiger partial charge is 0.315 e. The Kier molecular flexibility index (Phi) is 7.30. The third-order valence-electron chi connectivity index (χ3n) is 4.10. The molecular weight excluding hydrogens is 375 g/mol. The van der Waals surface area contributed by atoms with E-state index in [2.05, 4.69) is 42.3 Å². The lowest BCUT2D eigenvalue weighted by molar-refractivity contribution is -0.120. The van der Waals surface area contributed by atoms with Crippen LogP contribution in [0.3, 0.4) is 0 Å². The van der Waals surface area contributed by atoms with E-state index in [1.807, 2.05) is 12.1 Å². The number of carbonyl (C=O) groups excluding carboxylic acids is 3. The molecule has 8 heteroatoms. The molecule has 0 unspecified atom stereocenters. The molecule has 2 aromatic carbocycles. The average molecular weight is 400 g/mol. The second-order valence-corrected chi connectivity index (χ2v) is 7.49. The van der Waals surface area contributed by atoms with Crippen LogP contribution >= 0.6 is 0 Å². The van der Waals surface area contributed by atoms with Gasteiger partial charge in [-0.15, -0.1) is 0 Å². The molecule has 0 aliphatic heterocycles. The number of hydrogen-bond acceptors (Lipinski definition) is 3. The lowest BCUT2D eigenvalue weighted by atomic mass is 9.87. The molecule has 154 valence electrons. The van der Waals surface area contributed by atoms with E-state index in [4.69, 9.17) is 0 Å². The number of halogens is 1. The van der Waals surface area contributed by atoms with Crippen molar-refractivity contribution in [3.05, 3.63) is 71.0 Å². The van der Waals surface area contributed by atoms with Crippen LogP contribution in [0.25, 0.3) is 0 Å². The van der Waals surface area contributed by atoms with Gasteiger partial charge in [0.2, 0.25) is 0 Å². The lowest BCUT2D eigenvalue weighted by Crippen LogP contribution is -2.47. The Hall–Kier alpha value is -3.42. The first-order valence-corrected chi connectivity index (χ1v) is 9.11. The summed E-state index contributed by atoms with van der Waals surface area (Å²) in [7, 11) is 0. The lowest BCUT2D eigenvalue weighted by Gasteiger charge is -2.19. The Bertz CT molecular complexity index is 859. The molecule has 0 atom stereocenters. The van der Waals surface area contributed by atoms with Gasteiger partial charge >= 0.3 is 6.03 Å². The molecule has 0 fully saturated rings. The first-order valence-electron chi connectivity index (χ1n) is 9.11. The summed E-state index contributed by atoms with van der Waals surface area (Å²) in [4.78, 5) is 35.5. The highest BCUT2D eigenvalue weighted by molar-refractivity contribution is 5.95. The highest BCUT2D eigenvalue weighted by atomic mass is 19.1. The average Bonchev–Trinajstić information content (AvgIpc) is 2.69. The summed E-state index contributed by atoms with van der Waals surface area (Å²) in [5.41, 5.74) is 6.73. The Balaban J connectivity index is 1.70.